The molecule has 0 heterocycles. The quantitative estimate of drug-likeness (QED) is 0.732. The van der Waals surface area contributed by atoms with Crippen LogP contribution in [0.4, 0.5) is 0 Å². The van der Waals surface area contributed by atoms with Gasteiger partial charge in [-0.1, -0.05) is 48.0 Å². The van der Waals surface area contributed by atoms with E-state index in [4.69, 9.17) is 5.11 Å². The van der Waals surface area contributed by atoms with Crippen LogP contribution in [0.5, 0.6) is 0 Å². The monoisotopic (exact) mass is 214 g/mol. The van der Waals surface area contributed by atoms with Crippen LogP contribution in [0.3, 0.4) is 0 Å². The minimum atomic E-state index is -0.675. The van der Waals surface area contributed by atoms with E-state index in [1.807, 2.05) is 6.92 Å². The fourth-order valence-corrected chi connectivity index (χ4v) is 2.05. The number of aliphatic carboxylic acids is 1. The van der Waals surface area contributed by atoms with E-state index in [9.17, 15) is 4.79 Å². The van der Waals surface area contributed by atoms with E-state index in [0.29, 0.717) is 17.8 Å². The molecule has 0 aliphatic rings. The maximum absolute atomic E-state index is 10.9. The molecule has 0 bridgehead atoms. The van der Waals surface area contributed by atoms with Crippen LogP contribution >= 0.6 is 0 Å². The van der Waals surface area contributed by atoms with Crippen molar-refractivity contribution >= 4 is 5.97 Å². The summed E-state index contributed by atoms with van der Waals surface area (Å²) in [4.78, 5) is 10.9. The predicted octanol–water partition coefficient (Wildman–Crippen LogP) is 3.66. The van der Waals surface area contributed by atoms with Crippen molar-refractivity contribution < 1.29 is 9.90 Å². The van der Waals surface area contributed by atoms with Gasteiger partial charge < -0.3 is 5.11 Å². The first-order valence-electron chi connectivity index (χ1n) is 6.05. The molecule has 5 unspecified atom stereocenters. The van der Waals surface area contributed by atoms with Crippen molar-refractivity contribution in [2.24, 2.45) is 29.6 Å². The van der Waals surface area contributed by atoms with Crippen molar-refractivity contribution in [1.82, 2.24) is 0 Å². The Hall–Kier alpha value is -0.530. The average molecular weight is 214 g/mol. The van der Waals surface area contributed by atoms with Gasteiger partial charge in [-0.05, 0) is 23.7 Å². The Kier molecular flexibility index (Phi) is 5.92. The Morgan fingerprint density at radius 2 is 1.47 bits per heavy atom. The van der Waals surface area contributed by atoms with Crippen LogP contribution in [-0.4, -0.2) is 11.1 Å². The van der Waals surface area contributed by atoms with Crippen molar-refractivity contribution in [3.63, 3.8) is 0 Å². The van der Waals surface area contributed by atoms with Gasteiger partial charge in [-0.3, -0.25) is 4.79 Å². The van der Waals surface area contributed by atoms with Gasteiger partial charge in [0.15, 0.2) is 0 Å². The molecule has 0 aromatic heterocycles. The minimum Gasteiger partial charge on any atom is -0.481 e. The summed E-state index contributed by atoms with van der Waals surface area (Å²) in [6, 6.07) is 0. The Bertz CT molecular complexity index is 201. The van der Waals surface area contributed by atoms with Gasteiger partial charge in [-0.2, -0.15) is 0 Å². The van der Waals surface area contributed by atoms with Gasteiger partial charge in [-0.15, -0.1) is 0 Å². The summed E-state index contributed by atoms with van der Waals surface area (Å²) in [5, 5.41) is 8.98. The molecule has 0 amide bonds. The number of carboxylic acid groups (broad SMARTS) is 1. The molecule has 0 aromatic rings. The average Bonchev–Trinajstić information content (AvgIpc) is 2.23. The highest BCUT2D eigenvalue weighted by Gasteiger charge is 2.29. The number of hydrogen-bond acceptors (Lipinski definition) is 1. The lowest BCUT2D eigenvalue weighted by molar-refractivity contribution is -0.143. The van der Waals surface area contributed by atoms with Crippen LogP contribution in [0.25, 0.3) is 0 Å². The van der Waals surface area contributed by atoms with Crippen molar-refractivity contribution in [3.05, 3.63) is 0 Å². The molecule has 1 N–H and O–H groups in total. The van der Waals surface area contributed by atoms with Crippen molar-refractivity contribution in [2.45, 2.75) is 48.0 Å². The van der Waals surface area contributed by atoms with Crippen molar-refractivity contribution in [2.75, 3.05) is 0 Å². The molecule has 0 saturated heterocycles. The van der Waals surface area contributed by atoms with E-state index in [2.05, 4.69) is 34.6 Å². The smallest absolute Gasteiger partial charge is 0.306 e. The molecule has 0 aromatic carbocycles. The summed E-state index contributed by atoms with van der Waals surface area (Å²) in [6.45, 7) is 12.7. The summed E-state index contributed by atoms with van der Waals surface area (Å²) in [5.74, 6) is 1.05. The molecule has 2 nitrogen and oxygen atoms in total. The standard InChI is InChI=1S/C13H26O2/c1-7-8(2)9(3)10(4)11(5)12(6)13(14)15/h8-12H,7H2,1-6H3,(H,14,15). The molecule has 0 radical (unpaired) electrons. The van der Waals surface area contributed by atoms with Crippen LogP contribution in [0.15, 0.2) is 0 Å². The Morgan fingerprint density at radius 1 is 1.00 bits per heavy atom. The van der Waals surface area contributed by atoms with Crippen LogP contribution in [0.1, 0.15) is 48.0 Å². The van der Waals surface area contributed by atoms with Gasteiger partial charge in [0.25, 0.3) is 0 Å². The second-order valence-electron chi connectivity index (χ2n) is 5.09. The zero-order chi connectivity index (χ0) is 12.2. The maximum atomic E-state index is 10.9. The van der Waals surface area contributed by atoms with Crippen LogP contribution in [0, 0.1) is 29.6 Å². The number of carboxylic acids is 1. The fraction of sp³-hybridized carbons (Fsp3) is 0.923. The van der Waals surface area contributed by atoms with Crippen LogP contribution < -0.4 is 0 Å². The molecule has 0 aliphatic carbocycles. The first-order valence-corrected chi connectivity index (χ1v) is 6.05. The molecule has 2 heteroatoms. The summed E-state index contributed by atoms with van der Waals surface area (Å²) < 4.78 is 0. The highest BCUT2D eigenvalue weighted by molar-refractivity contribution is 5.69. The van der Waals surface area contributed by atoms with Crippen molar-refractivity contribution in [3.8, 4) is 0 Å². The predicted molar refractivity (Wildman–Crippen MR) is 63.7 cm³/mol. The summed E-state index contributed by atoms with van der Waals surface area (Å²) >= 11 is 0. The number of rotatable bonds is 6. The third-order valence-electron chi connectivity index (χ3n) is 4.38. The molecule has 0 spiro atoms. The maximum Gasteiger partial charge on any atom is 0.306 e. The third kappa shape index (κ3) is 3.84. The lowest BCUT2D eigenvalue weighted by Gasteiger charge is -2.32. The summed E-state index contributed by atoms with van der Waals surface area (Å²) in [6.07, 6.45) is 1.17. The van der Waals surface area contributed by atoms with Gasteiger partial charge in [0.2, 0.25) is 0 Å². The molecule has 90 valence electrons. The molecular formula is C13H26O2. The molecule has 0 saturated carbocycles. The topological polar surface area (TPSA) is 37.3 Å². The molecule has 5 atom stereocenters. The lowest BCUT2D eigenvalue weighted by atomic mass is 9.73. The summed E-state index contributed by atoms with van der Waals surface area (Å²) in [5.41, 5.74) is 0. The normalized spacial score (nSPS) is 21.5. The largest absolute Gasteiger partial charge is 0.481 e. The number of hydrogen-bond donors (Lipinski definition) is 1. The zero-order valence-corrected chi connectivity index (χ0v) is 10.9. The SMILES string of the molecule is CCC(C)C(C)C(C)C(C)C(C)C(=O)O. The molecule has 0 fully saturated rings. The Labute approximate surface area is 94.1 Å². The van der Waals surface area contributed by atoms with Crippen LogP contribution in [-0.2, 0) is 4.79 Å². The second kappa shape index (κ2) is 6.14. The van der Waals surface area contributed by atoms with Gasteiger partial charge >= 0.3 is 5.97 Å². The molecule has 0 aliphatic heterocycles. The van der Waals surface area contributed by atoms with Gasteiger partial charge in [-0.25, -0.2) is 0 Å². The molecular weight excluding hydrogens is 188 g/mol. The first-order chi connectivity index (χ1) is 6.82. The Balaban J connectivity index is 4.42. The molecule has 0 rings (SSSR count). The lowest BCUT2D eigenvalue weighted by Crippen LogP contribution is -2.29. The van der Waals surface area contributed by atoms with E-state index in [1.54, 1.807) is 0 Å². The van der Waals surface area contributed by atoms with Crippen LogP contribution in [0.2, 0.25) is 0 Å². The van der Waals surface area contributed by atoms with Gasteiger partial charge in [0.05, 0.1) is 5.92 Å². The fourth-order valence-electron chi connectivity index (χ4n) is 2.05. The van der Waals surface area contributed by atoms with E-state index in [-0.39, 0.29) is 11.8 Å². The second-order valence-corrected chi connectivity index (χ2v) is 5.09. The first kappa shape index (κ1) is 14.5. The number of carbonyl (C=O) groups is 1. The molecule has 15 heavy (non-hydrogen) atoms. The van der Waals surface area contributed by atoms with Crippen molar-refractivity contribution in [1.29, 1.82) is 0 Å². The zero-order valence-electron chi connectivity index (χ0n) is 10.9. The van der Waals surface area contributed by atoms with E-state index in [0.717, 1.165) is 0 Å². The minimum absolute atomic E-state index is 0.242. The highest BCUT2D eigenvalue weighted by atomic mass is 16.4. The van der Waals surface area contributed by atoms with E-state index in [1.165, 1.54) is 6.42 Å². The van der Waals surface area contributed by atoms with Gasteiger partial charge in [0, 0.05) is 0 Å². The summed E-state index contributed by atoms with van der Waals surface area (Å²) in [7, 11) is 0. The van der Waals surface area contributed by atoms with Gasteiger partial charge in [0.1, 0.15) is 0 Å². The highest BCUT2D eigenvalue weighted by Crippen LogP contribution is 2.32. The van der Waals surface area contributed by atoms with E-state index >= 15 is 0 Å². The third-order valence-corrected chi connectivity index (χ3v) is 4.38. The van der Waals surface area contributed by atoms with E-state index < -0.39 is 5.97 Å². The Morgan fingerprint density at radius 3 is 1.80 bits per heavy atom.